The van der Waals surface area contributed by atoms with E-state index in [4.69, 9.17) is 0 Å². The average molecular weight is 315 g/mol. The third-order valence-electron chi connectivity index (χ3n) is 3.57. The normalized spacial score (nSPS) is 23.9. The number of rotatable bonds is 3. The van der Waals surface area contributed by atoms with E-state index >= 15 is 0 Å². The Kier molecular flexibility index (Phi) is 4.45. The van der Waals surface area contributed by atoms with Crippen LogP contribution in [-0.4, -0.2) is 28.2 Å². The van der Waals surface area contributed by atoms with Gasteiger partial charge in [0, 0.05) is 24.3 Å². The molecule has 0 aromatic carbocycles. The highest BCUT2D eigenvalue weighted by Crippen LogP contribution is 2.23. The van der Waals surface area contributed by atoms with Gasteiger partial charge in [0.15, 0.2) is 0 Å². The molecule has 5 heteroatoms. The molecule has 0 atom stereocenters. The predicted molar refractivity (Wildman–Crippen MR) is 73.4 cm³/mol. The Morgan fingerprint density at radius 2 is 2.17 bits per heavy atom. The first-order valence-electron chi connectivity index (χ1n) is 6.34. The Labute approximate surface area is 116 Å². The van der Waals surface area contributed by atoms with Crippen LogP contribution in [0.3, 0.4) is 0 Å². The van der Waals surface area contributed by atoms with E-state index in [1.54, 1.807) is 0 Å². The Bertz CT molecular complexity index is 423. The molecular weight excluding hydrogens is 296 g/mol. The molecule has 1 heterocycles. The van der Waals surface area contributed by atoms with Crippen LogP contribution in [0, 0.1) is 5.92 Å². The summed E-state index contributed by atoms with van der Waals surface area (Å²) >= 11 is 3.36. The molecule has 1 saturated carbocycles. The summed E-state index contributed by atoms with van der Waals surface area (Å²) in [6.45, 7) is 0.703. The number of hydrogen-bond acceptors (Lipinski definition) is 2. The lowest BCUT2D eigenvalue weighted by Gasteiger charge is -2.25. The molecular formula is C13H19BrN2O2. The van der Waals surface area contributed by atoms with Crippen molar-refractivity contribution in [3.63, 3.8) is 0 Å². The quantitative estimate of drug-likeness (QED) is 0.897. The molecule has 1 aliphatic rings. The molecule has 4 nitrogen and oxygen atoms in total. The van der Waals surface area contributed by atoms with Crippen molar-refractivity contribution in [2.24, 2.45) is 13.0 Å². The van der Waals surface area contributed by atoms with Gasteiger partial charge in [-0.1, -0.05) is 0 Å². The van der Waals surface area contributed by atoms with Gasteiger partial charge in [0.05, 0.1) is 6.10 Å². The van der Waals surface area contributed by atoms with Crippen molar-refractivity contribution in [2.75, 3.05) is 6.54 Å². The second-order valence-corrected chi connectivity index (χ2v) is 5.95. The summed E-state index contributed by atoms with van der Waals surface area (Å²) < 4.78 is 2.72. The Hall–Kier alpha value is -0.810. The first-order valence-corrected chi connectivity index (χ1v) is 7.13. The van der Waals surface area contributed by atoms with Crippen molar-refractivity contribution in [2.45, 2.75) is 31.8 Å². The zero-order valence-corrected chi connectivity index (χ0v) is 12.1. The number of nitrogens with one attached hydrogen (secondary N) is 1. The molecule has 0 unspecified atom stereocenters. The SMILES string of the molecule is Cn1cc(Br)cc1C(=O)NCC1CCC(O)CC1. The van der Waals surface area contributed by atoms with Gasteiger partial charge in [-0.15, -0.1) is 0 Å². The van der Waals surface area contributed by atoms with Gasteiger partial charge in [-0.25, -0.2) is 0 Å². The lowest BCUT2D eigenvalue weighted by molar-refractivity contribution is 0.0903. The van der Waals surface area contributed by atoms with E-state index < -0.39 is 0 Å². The van der Waals surface area contributed by atoms with Gasteiger partial charge >= 0.3 is 0 Å². The number of carbonyl (C=O) groups excluding carboxylic acids is 1. The molecule has 0 spiro atoms. The molecule has 18 heavy (non-hydrogen) atoms. The fourth-order valence-electron chi connectivity index (χ4n) is 2.43. The molecule has 1 amide bonds. The second kappa shape index (κ2) is 5.89. The number of aliphatic hydroxyl groups excluding tert-OH is 1. The molecule has 100 valence electrons. The number of halogens is 1. The van der Waals surface area contributed by atoms with Crippen molar-refractivity contribution >= 4 is 21.8 Å². The summed E-state index contributed by atoms with van der Waals surface area (Å²) in [6, 6.07) is 1.82. The zero-order chi connectivity index (χ0) is 13.1. The molecule has 0 saturated heterocycles. The molecule has 1 aliphatic carbocycles. The number of nitrogens with zero attached hydrogens (tertiary/aromatic N) is 1. The minimum atomic E-state index is -0.138. The highest BCUT2D eigenvalue weighted by Gasteiger charge is 2.20. The minimum Gasteiger partial charge on any atom is -0.393 e. The van der Waals surface area contributed by atoms with Crippen LogP contribution < -0.4 is 5.32 Å². The van der Waals surface area contributed by atoms with Gasteiger partial charge in [-0.05, 0) is 53.6 Å². The lowest BCUT2D eigenvalue weighted by Crippen LogP contribution is -2.32. The predicted octanol–water partition coefficient (Wildman–Crippen LogP) is 2.07. The largest absolute Gasteiger partial charge is 0.393 e. The van der Waals surface area contributed by atoms with Gasteiger partial charge in [-0.3, -0.25) is 4.79 Å². The molecule has 2 N–H and O–H groups in total. The minimum absolute atomic E-state index is 0.0330. The molecule has 0 aliphatic heterocycles. The van der Waals surface area contributed by atoms with Crippen LogP contribution in [-0.2, 0) is 7.05 Å². The van der Waals surface area contributed by atoms with Crippen LogP contribution in [0.25, 0.3) is 0 Å². The number of aryl methyl sites for hydroxylation is 1. The number of aromatic nitrogens is 1. The van der Waals surface area contributed by atoms with Crippen LogP contribution >= 0.6 is 15.9 Å². The van der Waals surface area contributed by atoms with Gasteiger partial charge in [-0.2, -0.15) is 0 Å². The molecule has 2 rings (SSSR count). The van der Waals surface area contributed by atoms with E-state index in [1.807, 2.05) is 23.9 Å². The number of aliphatic hydroxyl groups is 1. The third kappa shape index (κ3) is 3.36. The maximum absolute atomic E-state index is 12.0. The summed E-state index contributed by atoms with van der Waals surface area (Å²) in [7, 11) is 1.86. The summed E-state index contributed by atoms with van der Waals surface area (Å²) in [6.07, 6.45) is 5.44. The lowest BCUT2D eigenvalue weighted by atomic mass is 9.87. The summed E-state index contributed by atoms with van der Waals surface area (Å²) in [4.78, 5) is 12.0. The van der Waals surface area contributed by atoms with E-state index in [2.05, 4.69) is 21.2 Å². The molecule has 1 fully saturated rings. The number of amides is 1. The van der Waals surface area contributed by atoms with Crippen LogP contribution in [0.2, 0.25) is 0 Å². The van der Waals surface area contributed by atoms with Crippen molar-refractivity contribution in [3.05, 3.63) is 22.4 Å². The van der Waals surface area contributed by atoms with E-state index in [1.165, 1.54) is 0 Å². The number of carbonyl (C=O) groups is 1. The maximum atomic E-state index is 12.0. The zero-order valence-electron chi connectivity index (χ0n) is 10.5. The van der Waals surface area contributed by atoms with E-state index in [0.29, 0.717) is 18.2 Å². The standard InChI is InChI=1S/C13H19BrN2O2/c1-16-8-10(14)6-12(16)13(18)15-7-9-2-4-11(17)5-3-9/h6,8-9,11,17H,2-5,7H2,1H3,(H,15,18). The highest BCUT2D eigenvalue weighted by molar-refractivity contribution is 9.10. The van der Waals surface area contributed by atoms with Gasteiger partial charge in [0.2, 0.25) is 0 Å². The van der Waals surface area contributed by atoms with Crippen LogP contribution in [0.5, 0.6) is 0 Å². The summed E-state index contributed by atoms with van der Waals surface area (Å²) in [5.74, 6) is 0.468. The van der Waals surface area contributed by atoms with Gasteiger partial charge in [0.1, 0.15) is 5.69 Å². The van der Waals surface area contributed by atoms with Crippen molar-refractivity contribution in [1.29, 1.82) is 0 Å². The smallest absolute Gasteiger partial charge is 0.267 e. The first kappa shape index (κ1) is 13.6. The number of hydrogen-bond donors (Lipinski definition) is 2. The maximum Gasteiger partial charge on any atom is 0.267 e. The van der Waals surface area contributed by atoms with Crippen LogP contribution in [0.15, 0.2) is 16.7 Å². The van der Waals surface area contributed by atoms with E-state index in [9.17, 15) is 9.90 Å². The fraction of sp³-hybridized carbons (Fsp3) is 0.615. The van der Waals surface area contributed by atoms with Gasteiger partial charge < -0.3 is 15.0 Å². The summed E-state index contributed by atoms with van der Waals surface area (Å²) in [5.41, 5.74) is 0.665. The second-order valence-electron chi connectivity index (χ2n) is 5.04. The Morgan fingerprint density at radius 3 is 2.72 bits per heavy atom. The monoisotopic (exact) mass is 314 g/mol. The Morgan fingerprint density at radius 1 is 1.50 bits per heavy atom. The third-order valence-corrected chi connectivity index (χ3v) is 4.01. The molecule has 0 bridgehead atoms. The molecule has 0 radical (unpaired) electrons. The molecule has 1 aromatic rings. The van der Waals surface area contributed by atoms with Crippen molar-refractivity contribution in [1.82, 2.24) is 9.88 Å². The fourth-order valence-corrected chi connectivity index (χ4v) is 2.95. The van der Waals surface area contributed by atoms with Gasteiger partial charge in [0.25, 0.3) is 5.91 Å². The van der Waals surface area contributed by atoms with E-state index in [-0.39, 0.29) is 12.0 Å². The average Bonchev–Trinajstić information content (AvgIpc) is 2.67. The van der Waals surface area contributed by atoms with Crippen molar-refractivity contribution < 1.29 is 9.90 Å². The highest BCUT2D eigenvalue weighted by atomic mass is 79.9. The van der Waals surface area contributed by atoms with Crippen molar-refractivity contribution in [3.8, 4) is 0 Å². The Balaban J connectivity index is 1.83. The topological polar surface area (TPSA) is 54.3 Å². The van der Waals surface area contributed by atoms with Crippen LogP contribution in [0.1, 0.15) is 36.2 Å². The molecule has 1 aromatic heterocycles. The van der Waals surface area contributed by atoms with Crippen LogP contribution in [0.4, 0.5) is 0 Å². The van der Waals surface area contributed by atoms with E-state index in [0.717, 1.165) is 30.2 Å². The first-order chi connectivity index (χ1) is 8.56. The summed E-state index contributed by atoms with van der Waals surface area (Å²) in [5, 5.41) is 12.4.